The van der Waals surface area contributed by atoms with E-state index in [-0.39, 0.29) is 23.7 Å². The Kier molecular flexibility index (Phi) is 6.64. The summed E-state index contributed by atoms with van der Waals surface area (Å²) in [6, 6.07) is 23.8. The maximum Gasteiger partial charge on any atom is 0.335 e. The number of halogens is 1. The van der Waals surface area contributed by atoms with E-state index in [0.29, 0.717) is 11.1 Å². The van der Waals surface area contributed by atoms with Gasteiger partial charge in [0.25, 0.3) is 0 Å². The molecule has 1 N–H and O–H groups in total. The van der Waals surface area contributed by atoms with Crippen LogP contribution in [0.15, 0.2) is 85.1 Å². The van der Waals surface area contributed by atoms with Crippen molar-refractivity contribution < 1.29 is 19.1 Å². The number of hydrogen-bond donors (Lipinski definition) is 1. The maximum atomic E-state index is 13.7. The Hall–Kier alpha value is -4.12. The largest absolute Gasteiger partial charge is 0.478 e. The average Bonchev–Trinajstić information content (AvgIpc) is 2.84. The van der Waals surface area contributed by atoms with Crippen LogP contribution < -0.4 is 0 Å². The Morgan fingerprint density at radius 1 is 0.882 bits per heavy atom. The minimum Gasteiger partial charge on any atom is -0.478 e. The highest BCUT2D eigenvalue weighted by Crippen LogP contribution is 2.33. The number of aromatic carboxylic acids is 1. The van der Waals surface area contributed by atoms with Crippen LogP contribution in [0.1, 0.15) is 55.3 Å². The highest BCUT2D eigenvalue weighted by molar-refractivity contribution is 5.98. The van der Waals surface area contributed by atoms with Gasteiger partial charge < -0.3 is 5.11 Å². The van der Waals surface area contributed by atoms with Gasteiger partial charge in [-0.1, -0.05) is 60.7 Å². The molecule has 4 nitrogen and oxygen atoms in total. The summed E-state index contributed by atoms with van der Waals surface area (Å²) < 4.78 is 13.7. The topological polar surface area (TPSA) is 67.3 Å². The molecule has 1 atom stereocenters. The van der Waals surface area contributed by atoms with Gasteiger partial charge in [-0.2, -0.15) is 4.39 Å². The van der Waals surface area contributed by atoms with Crippen LogP contribution in [0, 0.1) is 19.8 Å². The van der Waals surface area contributed by atoms with Gasteiger partial charge in [0.05, 0.1) is 5.56 Å². The number of Topliss-reactive ketones (excluding diaryl/α,β-unsaturated/α-hetero) is 1. The van der Waals surface area contributed by atoms with Gasteiger partial charge in [0.15, 0.2) is 5.78 Å². The van der Waals surface area contributed by atoms with E-state index in [2.05, 4.69) is 4.98 Å². The van der Waals surface area contributed by atoms with Crippen molar-refractivity contribution in [1.29, 1.82) is 0 Å². The Morgan fingerprint density at radius 3 is 2.12 bits per heavy atom. The van der Waals surface area contributed by atoms with Gasteiger partial charge >= 0.3 is 5.97 Å². The minimum absolute atomic E-state index is 0.139. The van der Waals surface area contributed by atoms with Crippen LogP contribution in [-0.4, -0.2) is 21.8 Å². The number of rotatable bonds is 7. The van der Waals surface area contributed by atoms with Crippen LogP contribution in [0.25, 0.3) is 11.1 Å². The third-order valence-electron chi connectivity index (χ3n) is 6.10. The quantitative estimate of drug-likeness (QED) is 0.253. The molecule has 0 aliphatic carbocycles. The summed E-state index contributed by atoms with van der Waals surface area (Å²) in [7, 11) is 0. The predicted molar refractivity (Wildman–Crippen MR) is 130 cm³/mol. The molecule has 0 aliphatic heterocycles. The summed E-state index contributed by atoms with van der Waals surface area (Å²) in [4.78, 5) is 28.0. The van der Waals surface area contributed by atoms with Gasteiger partial charge in [-0.05, 0) is 59.4 Å². The molecule has 3 aromatic carbocycles. The highest BCUT2D eigenvalue weighted by atomic mass is 19.1. The summed E-state index contributed by atoms with van der Waals surface area (Å²) in [5, 5.41) is 9.11. The van der Waals surface area contributed by atoms with Gasteiger partial charge in [-0.25, -0.2) is 9.78 Å². The standard InChI is InChI=1S/C29H24FNO3/c1-18-5-3-4-6-24(18)26(15-27(32)25-16-28(30)31-17-19(25)2)22-11-7-20(8-12-22)21-9-13-23(14-10-21)29(33)34/h3-14,16-17,26H,15H2,1-2H3,(H,33,34). The van der Waals surface area contributed by atoms with Gasteiger partial charge in [-0.15, -0.1) is 0 Å². The zero-order valence-electron chi connectivity index (χ0n) is 19.0. The summed E-state index contributed by atoms with van der Waals surface area (Å²) in [6.07, 6.45) is 1.58. The van der Waals surface area contributed by atoms with Crippen molar-refractivity contribution in [3.8, 4) is 11.1 Å². The number of hydrogen-bond acceptors (Lipinski definition) is 3. The lowest BCUT2D eigenvalue weighted by Crippen LogP contribution is -2.12. The van der Waals surface area contributed by atoms with E-state index in [1.54, 1.807) is 31.2 Å². The van der Waals surface area contributed by atoms with E-state index >= 15 is 0 Å². The summed E-state index contributed by atoms with van der Waals surface area (Å²) in [5.74, 6) is -1.97. The fourth-order valence-corrected chi connectivity index (χ4v) is 4.19. The molecule has 0 radical (unpaired) electrons. The van der Waals surface area contributed by atoms with Crippen molar-refractivity contribution in [3.63, 3.8) is 0 Å². The van der Waals surface area contributed by atoms with Crippen molar-refractivity contribution in [2.24, 2.45) is 0 Å². The number of carbonyl (C=O) groups excluding carboxylic acids is 1. The minimum atomic E-state index is -0.961. The molecule has 4 rings (SSSR count). The number of nitrogens with zero attached hydrogens (tertiary/aromatic N) is 1. The van der Waals surface area contributed by atoms with Gasteiger partial charge in [0.1, 0.15) is 0 Å². The second-order valence-electron chi connectivity index (χ2n) is 8.36. The Balaban J connectivity index is 1.68. The van der Waals surface area contributed by atoms with E-state index < -0.39 is 11.9 Å². The molecule has 170 valence electrons. The van der Waals surface area contributed by atoms with Crippen molar-refractivity contribution in [1.82, 2.24) is 4.98 Å². The van der Waals surface area contributed by atoms with Crippen LogP contribution in [0.2, 0.25) is 0 Å². The number of ketones is 1. The smallest absolute Gasteiger partial charge is 0.335 e. The van der Waals surface area contributed by atoms with Crippen LogP contribution in [0.5, 0.6) is 0 Å². The molecule has 0 bridgehead atoms. The molecule has 0 saturated carbocycles. The second-order valence-corrected chi connectivity index (χ2v) is 8.36. The molecule has 4 aromatic rings. The van der Waals surface area contributed by atoms with E-state index in [1.165, 1.54) is 12.3 Å². The molecule has 34 heavy (non-hydrogen) atoms. The normalized spacial score (nSPS) is 11.7. The number of aryl methyl sites for hydroxylation is 2. The fourth-order valence-electron chi connectivity index (χ4n) is 4.19. The molecular weight excluding hydrogens is 429 g/mol. The molecule has 0 aliphatic rings. The first-order valence-corrected chi connectivity index (χ1v) is 11.0. The zero-order chi connectivity index (χ0) is 24.2. The second kappa shape index (κ2) is 9.79. The van der Waals surface area contributed by atoms with Crippen LogP contribution in [0.4, 0.5) is 4.39 Å². The van der Waals surface area contributed by atoms with Crippen LogP contribution >= 0.6 is 0 Å². The van der Waals surface area contributed by atoms with E-state index in [9.17, 15) is 14.0 Å². The SMILES string of the molecule is Cc1cnc(F)cc1C(=O)CC(c1ccc(-c2ccc(C(=O)O)cc2)cc1)c1ccccc1C. The molecule has 5 heteroatoms. The first-order valence-electron chi connectivity index (χ1n) is 11.0. The van der Waals surface area contributed by atoms with Crippen LogP contribution in [-0.2, 0) is 0 Å². The number of carboxylic acid groups (broad SMARTS) is 1. The average molecular weight is 454 g/mol. The molecular formula is C29H24FNO3. The summed E-state index contributed by atoms with van der Waals surface area (Å²) in [6.45, 7) is 3.77. The summed E-state index contributed by atoms with van der Waals surface area (Å²) >= 11 is 0. The molecule has 1 aromatic heterocycles. The number of pyridine rings is 1. The van der Waals surface area contributed by atoms with Crippen LogP contribution in [0.3, 0.4) is 0 Å². The number of aromatic nitrogens is 1. The molecule has 1 heterocycles. The maximum absolute atomic E-state index is 13.7. The molecule has 0 spiro atoms. The number of carbonyl (C=O) groups is 2. The Labute approximate surface area is 197 Å². The lowest BCUT2D eigenvalue weighted by Gasteiger charge is -2.20. The number of benzene rings is 3. The predicted octanol–water partition coefficient (Wildman–Crippen LogP) is 6.61. The first kappa shape index (κ1) is 23.1. The summed E-state index contributed by atoms with van der Waals surface area (Å²) in [5.41, 5.74) is 6.18. The Morgan fingerprint density at radius 2 is 1.50 bits per heavy atom. The highest BCUT2D eigenvalue weighted by Gasteiger charge is 2.22. The van der Waals surface area contributed by atoms with E-state index in [0.717, 1.165) is 27.8 Å². The van der Waals surface area contributed by atoms with Crippen molar-refractivity contribution in [3.05, 3.63) is 124 Å². The number of carboxylic acids is 1. The Bertz CT molecular complexity index is 1340. The van der Waals surface area contributed by atoms with Gasteiger partial charge in [0.2, 0.25) is 5.95 Å². The molecule has 1 unspecified atom stereocenters. The van der Waals surface area contributed by atoms with E-state index in [1.807, 2.05) is 55.5 Å². The van der Waals surface area contributed by atoms with Gasteiger partial charge in [0, 0.05) is 30.2 Å². The first-order chi connectivity index (χ1) is 16.3. The molecule has 0 fully saturated rings. The monoisotopic (exact) mass is 453 g/mol. The lowest BCUT2D eigenvalue weighted by molar-refractivity contribution is 0.0696. The van der Waals surface area contributed by atoms with Crippen molar-refractivity contribution in [2.45, 2.75) is 26.2 Å². The fraction of sp³-hybridized carbons (Fsp3) is 0.138. The third kappa shape index (κ3) is 4.94. The van der Waals surface area contributed by atoms with Crippen molar-refractivity contribution in [2.75, 3.05) is 0 Å². The van der Waals surface area contributed by atoms with Crippen molar-refractivity contribution >= 4 is 11.8 Å². The zero-order valence-corrected chi connectivity index (χ0v) is 19.0. The van der Waals surface area contributed by atoms with E-state index in [4.69, 9.17) is 5.11 Å². The lowest BCUT2D eigenvalue weighted by atomic mass is 9.83. The third-order valence-corrected chi connectivity index (χ3v) is 6.10. The molecule has 0 saturated heterocycles. The molecule has 0 amide bonds. The van der Waals surface area contributed by atoms with Gasteiger partial charge in [-0.3, -0.25) is 4.79 Å².